The Hall–Kier alpha value is -1.11. The number of carbonyl (C=O) groups excluding carboxylic acids is 2. The van der Waals surface area contributed by atoms with Gasteiger partial charge in [0.25, 0.3) is 0 Å². The number of carbonyl (C=O) groups is 2. The van der Waals surface area contributed by atoms with Crippen LogP contribution in [0, 0.1) is 0 Å². The molecule has 0 aliphatic carbocycles. The molecule has 1 fully saturated rings. The molecule has 2 aliphatic heterocycles. The molecule has 1 aromatic rings. The Kier molecular flexibility index (Phi) is 8.38. The first-order chi connectivity index (χ1) is 12.2. The van der Waals surface area contributed by atoms with Crippen LogP contribution in [-0.2, 0) is 22.6 Å². The molecule has 7 heteroatoms. The van der Waals surface area contributed by atoms with Crippen molar-refractivity contribution in [1.29, 1.82) is 0 Å². The zero-order valence-electron chi connectivity index (χ0n) is 15.5. The van der Waals surface area contributed by atoms with Crippen molar-refractivity contribution in [1.82, 2.24) is 15.1 Å². The summed E-state index contributed by atoms with van der Waals surface area (Å²) in [6.45, 7) is 6.37. The number of fused-ring (bicyclic) bond motifs is 1. The third-order valence-corrected chi connectivity index (χ3v) is 6.27. The second-order valence-corrected chi connectivity index (χ2v) is 8.00. The Morgan fingerprint density at radius 1 is 1.31 bits per heavy atom. The Balaban J connectivity index is 0.00000243. The number of amides is 2. The van der Waals surface area contributed by atoms with E-state index in [2.05, 4.69) is 23.7 Å². The molecule has 1 N–H and O–H groups in total. The molecular weight excluding hydrogens is 370 g/mol. The average molecular weight is 400 g/mol. The quantitative estimate of drug-likeness (QED) is 0.800. The van der Waals surface area contributed by atoms with E-state index in [1.54, 1.807) is 11.3 Å². The van der Waals surface area contributed by atoms with Crippen LogP contribution in [-0.4, -0.2) is 53.8 Å². The van der Waals surface area contributed by atoms with Crippen LogP contribution in [0.1, 0.15) is 49.5 Å². The lowest BCUT2D eigenvalue weighted by atomic mass is 10.0. The minimum absolute atomic E-state index is 0. The van der Waals surface area contributed by atoms with Crippen molar-refractivity contribution >= 4 is 35.6 Å². The summed E-state index contributed by atoms with van der Waals surface area (Å²) < 4.78 is 0. The average Bonchev–Trinajstić information content (AvgIpc) is 3.12. The molecule has 0 radical (unpaired) electrons. The van der Waals surface area contributed by atoms with Gasteiger partial charge in [-0.3, -0.25) is 9.59 Å². The van der Waals surface area contributed by atoms with Gasteiger partial charge in [-0.2, -0.15) is 0 Å². The Labute approximate surface area is 166 Å². The molecule has 26 heavy (non-hydrogen) atoms. The lowest BCUT2D eigenvalue weighted by Crippen LogP contribution is -2.46. The Bertz CT molecular complexity index is 601. The van der Waals surface area contributed by atoms with Gasteiger partial charge in [0, 0.05) is 43.4 Å². The summed E-state index contributed by atoms with van der Waals surface area (Å²) >= 11 is 1.78. The van der Waals surface area contributed by atoms with Gasteiger partial charge in [0.05, 0.1) is 0 Å². The van der Waals surface area contributed by atoms with Crippen molar-refractivity contribution in [2.24, 2.45) is 0 Å². The number of halogens is 1. The molecule has 0 saturated carbocycles. The number of hydrogen-bond acceptors (Lipinski definition) is 4. The van der Waals surface area contributed by atoms with Crippen LogP contribution in [0.25, 0.3) is 0 Å². The molecular formula is C19H30ClN3O2S. The summed E-state index contributed by atoms with van der Waals surface area (Å²) in [5.41, 5.74) is 1.28. The summed E-state index contributed by atoms with van der Waals surface area (Å²) in [7, 11) is 0. The highest BCUT2D eigenvalue weighted by atomic mass is 35.5. The number of piperidine rings is 1. The number of rotatable bonds is 6. The van der Waals surface area contributed by atoms with E-state index in [1.807, 2.05) is 9.80 Å². The molecule has 0 atom stereocenters. The van der Waals surface area contributed by atoms with E-state index in [9.17, 15) is 9.59 Å². The fraction of sp³-hybridized carbons (Fsp3) is 0.684. The smallest absolute Gasteiger partial charge is 0.223 e. The van der Waals surface area contributed by atoms with Gasteiger partial charge in [0.1, 0.15) is 0 Å². The monoisotopic (exact) mass is 399 g/mol. The van der Waals surface area contributed by atoms with Crippen molar-refractivity contribution < 1.29 is 9.59 Å². The van der Waals surface area contributed by atoms with Crippen molar-refractivity contribution in [2.75, 3.05) is 26.2 Å². The standard InChI is InChI=1S/C19H29N3O2S.ClH/c1-2-11-22(16-5-9-20-10-6-16)19(24)4-3-18(23)21-12-7-17-15(14-21)8-13-25-17;/h8,13,16,20H,2-7,9-12,14H2,1H3;1H. The summed E-state index contributed by atoms with van der Waals surface area (Å²) in [5.74, 6) is 0.266. The van der Waals surface area contributed by atoms with E-state index in [-0.39, 0.29) is 24.2 Å². The van der Waals surface area contributed by atoms with Crippen LogP contribution < -0.4 is 5.32 Å². The summed E-state index contributed by atoms with van der Waals surface area (Å²) in [6.07, 6.45) is 4.64. The molecule has 1 saturated heterocycles. The minimum Gasteiger partial charge on any atom is -0.340 e. The molecule has 0 bridgehead atoms. The predicted octanol–water partition coefficient (Wildman–Crippen LogP) is 2.83. The number of hydrogen-bond donors (Lipinski definition) is 1. The van der Waals surface area contributed by atoms with E-state index in [1.165, 1.54) is 10.4 Å². The molecule has 3 rings (SSSR count). The first kappa shape index (κ1) is 21.2. The highest BCUT2D eigenvalue weighted by Gasteiger charge is 2.26. The maximum absolute atomic E-state index is 12.7. The lowest BCUT2D eigenvalue weighted by Gasteiger charge is -2.35. The number of nitrogens with zero attached hydrogens (tertiary/aromatic N) is 2. The topological polar surface area (TPSA) is 52.7 Å². The first-order valence-electron chi connectivity index (χ1n) is 9.52. The Morgan fingerprint density at radius 3 is 2.81 bits per heavy atom. The van der Waals surface area contributed by atoms with Gasteiger partial charge >= 0.3 is 0 Å². The Morgan fingerprint density at radius 2 is 2.08 bits per heavy atom. The maximum atomic E-state index is 12.7. The van der Waals surface area contributed by atoms with Crippen LogP contribution in [0.2, 0.25) is 0 Å². The van der Waals surface area contributed by atoms with E-state index in [4.69, 9.17) is 0 Å². The van der Waals surface area contributed by atoms with Gasteiger partial charge in [0.15, 0.2) is 0 Å². The van der Waals surface area contributed by atoms with Gasteiger partial charge in [-0.1, -0.05) is 6.92 Å². The third kappa shape index (κ3) is 5.21. The highest BCUT2D eigenvalue weighted by molar-refractivity contribution is 7.10. The zero-order valence-corrected chi connectivity index (χ0v) is 17.2. The van der Waals surface area contributed by atoms with Gasteiger partial charge in [-0.05, 0) is 55.8 Å². The van der Waals surface area contributed by atoms with Gasteiger partial charge < -0.3 is 15.1 Å². The predicted molar refractivity (Wildman–Crippen MR) is 108 cm³/mol. The first-order valence-corrected chi connectivity index (χ1v) is 10.4. The van der Waals surface area contributed by atoms with Gasteiger partial charge in [-0.15, -0.1) is 23.7 Å². The van der Waals surface area contributed by atoms with Crippen molar-refractivity contribution in [3.05, 3.63) is 21.9 Å². The SMILES string of the molecule is CCCN(C(=O)CCC(=O)N1CCc2sccc2C1)C1CCNCC1.Cl. The van der Waals surface area contributed by atoms with E-state index >= 15 is 0 Å². The number of nitrogens with one attached hydrogen (secondary N) is 1. The van der Waals surface area contributed by atoms with Crippen LogP contribution in [0.15, 0.2) is 11.4 Å². The summed E-state index contributed by atoms with van der Waals surface area (Å²) in [5, 5.41) is 5.45. The zero-order chi connectivity index (χ0) is 17.6. The second-order valence-electron chi connectivity index (χ2n) is 7.00. The molecule has 1 aromatic heterocycles. The maximum Gasteiger partial charge on any atom is 0.223 e. The largest absolute Gasteiger partial charge is 0.340 e. The van der Waals surface area contributed by atoms with Crippen LogP contribution in [0.3, 0.4) is 0 Å². The van der Waals surface area contributed by atoms with Crippen LogP contribution in [0.5, 0.6) is 0 Å². The summed E-state index contributed by atoms with van der Waals surface area (Å²) in [6, 6.07) is 2.46. The molecule has 0 spiro atoms. The molecule has 2 amide bonds. The summed E-state index contributed by atoms with van der Waals surface area (Å²) in [4.78, 5) is 30.6. The fourth-order valence-electron chi connectivity index (χ4n) is 3.85. The second kappa shape index (κ2) is 10.3. The highest BCUT2D eigenvalue weighted by Crippen LogP contribution is 2.24. The third-order valence-electron chi connectivity index (χ3n) is 5.25. The lowest BCUT2D eigenvalue weighted by molar-refractivity contribution is -0.139. The van der Waals surface area contributed by atoms with Gasteiger partial charge in [0.2, 0.25) is 11.8 Å². The van der Waals surface area contributed by atoms with E-state index < -0.39 is 0 Å². The van der Waals surface area contributed by atoms with E-state index in [0.717, 1.165) is 51.9 Å². The number of thiophene rings is 1. The molecule has 5 nitrogen and oxygen atoms in total. The molecule has 3 heterocycles. The van der Waals surface area contributed by atoms with Crippen molar-refractivity contribution in [3.8, 4) is 0 Å². The molecule has 146 valence electrons. The molecule has 0 aromatic carbocycles. The normalized spacial score (nSPS) is 17.3. The van der Waals surface area contributed by atoms with Crippen LogP contribution in [0.4, 0.5) is 0 Å². The fourth-order valence-corrected chi connectivity index (χ4v) is 4.74. The van der Waals surface area contributed by atoms with Gasteiger partial charge in [-0.25, -0.2) is 0 Å². The van der Waals surface area contributed by atoms with Crippen molar-refractivity contribution in [2.45, 2.75) is 58.0 Å². The van der Waals surface area contributed by atoms with E-state index in [0.29, 0.717) is 25.4 Å². The molecule has 2 aliphatic rings. The van der Waals surface area contributed by atoms with Crippen LogP contribution >= 0.6 is 23.7 Å². The molecule has 0 unspecified atom stereocenters. The minimum atomic E-state index is 0. The van der Waals surface area contributed by atoms with Crippen molar-refractivity contribution in [3.63, 3.8) is 0 Å².